The Morgan fingerprint density at radius 2 is 1.67 bits per heavy atom. The largest absolute Gasteiger partial charge is 0.346 e. The molecule has 146 valence electrons. The molecule has 5 nitrogen and oxygen atoms in total. The summed E-state index contributed by atoms with van der Waals surface area (Å²) in [4.78, 5) is 12.7. The zero-order valence-electron chi connectivity index (χ0n) is 16.6. The Bertz CT molecular complexity index is 888. The number of nitrogens with zero attached hydrogens (tertiary/aromatic N) is 1. The highest BCUT2D eigenvalue weighted by Gasteiger charge is 2.19. The fourth-order valence-electron chi connectivity index (χ4n) is 2.79. The van der Waals surface area contributed by atoms with Gasteiger partial charge >= 0.3 is 0 Å². The Hall–Kier alpha value is -2.18. The molecular formula is C21H28N2O3S. The Morgan fingerprint density at radius 3 is 2.22 bits per heavy atom. The molecule has 0 radical (unpaired) electrons. The lowest BCUT2D eigenvalue weighted by Crippen LogP contribution is -2.27. The van der Waals surface area contributed by atoms with Crippen LogP contribution in [0.5, 0.6) is 0 Å². The van der Waals surface area contributed by atoms with Gasteiger partial charge in [0.2, 0.25) is 10.0 Å². The van der Waals surface area contributed by atoms with Gasteiger partial charge in [-0.15, -0.1) is 0 Å². The number of carbonyl (C=O) groups is 1. The van der Waals surface area contributed by atoms with Crippen LogP contribution in [0.15, 0.2) is 53.4 Å². The summed E-state index contributed by atoms with van der Waals surface area (Å²) in [5, 5.41) is 2.93. The molecule has 0 spiro atoms. The smallest absolute Gasteiger partial charge is 0.251 e. The Labute approximate surface area is 162 Å². The summed E-state index contributed by atoms with van der Waals surface area (Å²) in [6, 6.07) is 14.1. The van der Waals surface area contributed by atoms with E-state index >= 15 is 0 Å². The molecule has 1 amide bonds. The second-order valence-electron chi connectivity index (χ2n) is 7.35. The zero-order valence-corrected chi connectivity index (χ0v) is 17.4. The van der Waals surface area contributed by atoms with Gasteiger partial charge in [0.15, 0.2) is 0 Å². The van der Waals surface area contributed by atoms with Crippen molar-refractivity contribution in [3.05, 3.63) is 65.2 Å². The van der Waals surface area contributed by atoms with E-state index in [1.807, 2.05) is 19.1 Å². The highest BCUT2D eigenvalue weighted by atomic mass is 32.2. The number of carbonyl (C=O) groups excluding carboxylic acids is 1. The number of benzene rings is 2. The van der Waals surface area contributed by atoms with Crippen LogP contribution in [0.3, 0.4) is 0 Å². The summed E-state index contributed by atoms with van der Waals surface area (Å²) in [5.41, 5.74) is 2.60. The average molecular weight is 389 g/mol. The summed E-state index contributed by atoms with van der Waals surface area (Å²) >= 11 is 0. The predicted octanol–water partition coefficient (Wildman–Crippen LogP) is 3.63. The Balaban J connectivity index is 2.13. The number of nitrogens with one attached hydrogen (secondary N) is 1. The maximum atomic E-state index is 12.6. The SMILES string of the molecule is CC(C)Cc1ccc([C@@H](C)NC(=O)c2cccc(S(=O)(=O)N(C)C)c2)cc1. The molecule has 0 aromatic heterocycles. The van der Waals surface area contributed by atoms with Crippen LogP contribution in [0.4, 0.5) is 0 Å². The molecule has 1 N–H and O–H groups in total. The van der Waals surface area contributed by atoms with Crippen LogP contribution in [0.2, 0.25) is 0 Å². The van der Waals surface area contributed by atoms with E-state index in [9.17, 15) is 13.2 Å². The first-order valence-corrected chi connectivity index (χ1v) is 10.5. The van der Waals surface area contributed by atoms with E-state index in [2.05, 4.69) is 31.3 Å². The molecule has 2 rings (SSSR count). The lowest BCUT2D eigenvalue weighted by atomic mass is 10.00. The summed E-state index contributed by atoms with van der Waals surface area (Å²) in [6.07, 6.45) is 1.02. The number of sulfonamides is 1. The van der Waals surface area contributed by atoms with Gasteiger partial charge in [-0.3, -0.25) is 4.79 Å². The quantitative estimate of drug-likeness (QED) is 0.788. The van der Waals surface area contributed by atoms with Gasteiger partial charge in [-0.2, -0.15) is 0 Å². The van der Waals surface area contributed by atoms with E-state index in [-0.39, 0.29) is 16.8 Å². The molecular weight excluding hydrogens is 360 g/mol. The third-order valence-corrected chi connectivity index (χ3v) is 6.16. The molecule has 1 atom stereocenters. The molecule has 6 heteroatoms. The van der Waals surface area contributed by atoms with Crippen molar-refractivity contribution in [3.63, 3.8) is 0 Å². The van der Waals surface area contributed by atoms with Crippen LogP contribution >= 0.6 is 0 Å². The van der Waals surface area contributed by atoms with Crippen molar-refractivity contribution < 1.29 is 13.2 Å². The maximum Gasteiger partial charge on any atom is 0.251 e. The maximum absolute atomic E-state index is 12.6. The second-order valence-corrected chi connectivity index (χ2v) is 9.50. The van der Waals surface area contributed by atoms with Crippen LogP contribution in [0.25, 0.3) is 0 Å². The molecule has 0 aliphatic heterocycles. The number of rotatable bonds is 7. The topological polar surface area (TPSA) is 66.5 Å². The monoisotopic (exact) mass is 388 g/mol. The van der Waals surface area contributed by atoms with Crippen molar-refractivity contribution in [2.75, 3.05) is 14.1 Å². The predicted molar refractivity (Wildman–Crippen MR) is 108 cm³/mol. The number of amides is 1. The van der Waals surface area contributed by atoms with Gasteiger partial charge in [0, 0.05) is 19.7 Å². The molecule has 0 fully saturated rings. The summed E-state index contributed by atoms with van der Waals surface area (Å²) in [7, 11) is -0.644. The van der Waals surface area contributed by atoms with Crippen molar-refractivity contribution in [1.82, 2.24) is 9.62 Å². The van der Waals surface area contributed by atoms with E-state index in [0.29, 0.717) is 11.5 Å². The lowest BCUT2D eigenvalue weighted by molar-refractivity contribution is 0.0939. The van der Waals surface area contributed by atoms with Crippen LogP contribution in [0, 0.1) is 5.92 Å². The van der Waals surface area contributed by atoms with Crippen molar-refractivity contribution in [2.45, 2.75) is 38.1 Å². The summed E-state index contributed by atoms with van der Waals surface area (Å²) in [5.74, 6) is 0.295. The average Bonchev–Trinajstić information content (AvgIpc) is 2.61. The van der Waals surface area contributed by atoms with Crippen LogP contribution in [-0.2, 0) is 16.4 Å². The molecule has 0 saturated carbocycles. The van der Waals surface area contributed by atoms with Crippen LogP contribution in [0.1, 0.15) is 48.3 Å². The first kappa shape index (κ1) is 21.1. The van der Waals surface area contributed by atoms with Gasteiger partial charge in [0.05, 0.1) is 10.9 Å². The second kappa shape index (κ2) is 8.67. The lowest BCUT2D eigenvalue weighted by Gasteiger charge is -2.16. The van der Waals surface area contributed by atoms with Crippen molar-refractivity contribution >= 4 is 15.9 Å². The fraction of sp³-hybridized carbons (Fsp3) is 0.381. The first-order valence-electron chi connectivity index (χ1n) is 9.03. The third kappa shape index (κ3) is 5.40. The molecule has 0 saturated heterocycles. The van der Waals surface area contributed by atoms with Crippen LogP contribution in [-0.4, -0.2) is 32.7 Å². The molecule has 27 heavy (non-hydrogen) atoms. The van der Waals surface area contributed by atoms with E-state index in [0.717, 1.165) is 16.3 Å². The van der Waals surface area contributed by atoms with E-state index in [1.165, 1.54) is 31.8 Å². The van der Waals surface area contributed by atoms with E-state index in [4.69, 9.17) is 0 Å². The van der Waals surface area contributed by atoms with Crippen LogP contribution < -0.4 is 5.32 Å². The highest BCUT2D eigenvalue weighted by Crippen LogP contribution is 2.18. The van der Waals surface area contributed by atoms with E-state index in [1.54, 1.807) is 12.1 Å². The van der Waals surface area contributed by atoms with Gasteiger partial charge in [-0.1, -0.05) is 44.2 Å². The van der Waals surface area contributed by atoms with Gasteiger partial charge in [-0.05, 0) is 48.6 Å². The molecule has 0 bridgehead atoms. The minimum atomic E-state index is -3.58. The molecule has 0 heterocycles. The van der Waals surface area contributed by atoms with Gasteiger partial charge < -0.3 is 5.32 Å². The minimum absolute atomic E-state index is 0.103. The molecule has 2 aromatic rings. The van der Waals surface area contributed by atoms with Crippen molar-refractivity contribution in [1.29, 1.82) is 0 Å². The summed E-state index contributed by atoms with van der Waals surface area (Å²) < 4.78 is 25.6. The third-order valence-electron chi connectivity index (χ3n) is 4.35. The molecule has 0 aliphatic carbocycles. The molecule has 0 aliphatic rings. The standard InChI is InChI=1S/C21H28N2O3S/c1-15(2)13-17-9-11-18(12-10-17)16(3)22-21(24)19-7-6-8-20(14-19)27(25,26)23(4)5/h6-12,14-16H,13H2,1-5H3,(H,22,24)/t16-/m1/s1. The zero-order chi connectivity index (χ0) is 20.2. The Kier molecular flexibility index (Phi) is 6.78. The van der Waals surface area contributed by atoms with E-state index < -0.39 is 10.0 Å². The highest BCUT2D eigenvalue weighted by molar-refractivity contribution is 7.89. The van der Waals surface area contributed by atoms with Gasteiger partial charge in [0.1, 0.15) is 0 Å². The van der Waals surface area contributed by atoms with Crippen molar-refractivity contribution in [3.8, 4) is 0 Å². The molecule has 2 aromatic carbocycles. The van der Waals surface area contributed by atoms with Crippen molar-refractivity contribution in [2.24, 2.45) is 5.92 Å². The normalized spacial score (nSPS) is 13.0. The first-order chi connectivity index (χ1) is 12.6. The number of hydrogen-bond acceptors (Lipinski definition) is 3. The number of hydrogen-bond donors (Lipinski definition) is 1. The summed E-state index contributed by atoms with van der Waals surface area (Å²) in [6.45, 7) is 6.28. The fourth-order valence-corrected chi connectivity index (χ4v) is 3.73. The van der Waals surface area contributed by atoms with Gasteiger partial charge in [-0.25, -0.2) is 12.7 Å². The Morgan fingerprint density at radius 1 is 1.04 bits per heavy atom. The molecule has 0 unspecified atom stereocenters. The van der Waals surface area contributed by atoms with Gasteiger partial charge in [0.25, 0.3) is 5.91 Å². The minimum Gasteiger partial charge on any atom is -0.346 e.